The lowest BCUT2D eigenvalue weighted by molar-refractivity contribution is -0.145. The van der Waals surface area contributed by atoms with E-state index in [1.165, 1.54) is 4.90 Å². The Kier molecular flexibility index (Phi) is 7.58. The van der Waals surface area contributed by atoms with Crippen LogP contribution in [0.4, 0.5) is 11.5 Å². The van der Waals surface area contributed by atoms with Gasteiger partial charge in [-0.2, -0.15) is 0 Å². The van der Waals surface area contributed by atoms with Crippen LogP contribution in [0, 0.1) is 0 Å². The van der Waals surface area contributed by atoms with Crippen LogP contribution >= 0.6 is 0 Å². The fourth-order valence-electron chi connectivity index (χ4n) is 4.24. The number of ether oxygens (including phenoxy) is 1. The van der Waals surface area contributed by atoms with E-state index in [-0.39, 0.29) is 30.7 Å². The Morgan fingerprint density at radius 1 is 1.09 bits per heavy atom. The van der Waals surface area contributed by atoms with E-state index in [4.69, 9.17) is 4.74 Å². The summed E-state index contributed by atoms with van der Waals surface area (Å²) in [6.07, 6.45) is 1.68. The van der Waals surface area contributed by atoms with E-state index in [0.717, 1.165) is 32.0 Å². The molecule has 1 aromatic carbocycles. The Bertz CT molecular complexity index is 992. The summed E-state index contributed by atoms with van der Waals surface area (Å²) >= 11 is 0. The first-order chi connectivity index (χ1) is 16.5. The summed E-state index contributed by atoms with van der Waals surface area (Å²) in [4.78, 5) is 48.5. The van der Waals surface area contributed by atoms with E-state index in [0.29, 0.717) is 24.5 Å². The molecular formula is C24H30N6O4. The highest BCUT2D eigenvalue weighted by atomic mass is 16.5. The second-order valence-corrected chi connectivity index (χ2v) is 8.33. The van der Waals surface area contributed by atoms with Gasteiger partial charge in [0.05, 0.1) is 20.1 Å². The second-order valence-electron chi connectivity index (χ2n) is 8.33. The first-order valence-corrected chi connectivity index (χ1v) is 11.4. The van der Waals surface area contributed by atoms with Gasteiger partial charge >= 0.3 is 0 Å². The molecule has 3 amide bonds. The van der Waals surface area contributed by atoms with Crippen LogP contribution < -0.4 is 20.3 Å². The highest BCUT2D eigenvalue weighted by molar-refractivity contribution is 5.97. The molecule has 0 spiro atoms. The van der Waals surface area contributed by atoms with Crippen molar-refractivity contribution in [3.63, 3.8) is 0 Å². The Morgan fingerprint density at radius 3 is 2.53 bits per heavy atom. The number of piperazine rings is 2. The van der Waals surface area contributed by atoms with Crippen LogP contribution in [0.1, 0.15) is 6.42 Å². The molecule has 2 aromatic rings. The van der Waals surface area contributed by atoms with Gasteiger partial charge in [-0.15, -0.1) is 0 Å². The van der Waals surface area contributed by atoms with Gasteiger partial charge in [0.2, 0.25) is 17.7 Å². The number of carbonyl (C=O) groups excluding carboxylic acids is 3. The van der Waals surface area contributed by atoms with E-state index in [2.05, 4.69) is 25.4 Å². The quantitative estimate of drug-likeness (QED) is 0.614. The Balaban J connectivity index is 1.31. The molecule has 2 fully saturated rings. The van der Waals surface area contributed by atoms with Crippen LogP contribution in [0.3, 0.4) is 0 Å². The van der Waals surface area contributed by atoms with Crippen LogP contribution in [0.2, 0.25) is 0 Å². The molecule has 10 nitrogen and oxygen atoms in total. The topological polar surface area (TPSA) is 107 Å². The maximum Gasteiger partial charge on any atom is 0.243 e. The molecule has 34 heavy (non-hydrogen) atoms. The monoisotopic (exact) mass is 466 g/mol. The average molecular weight is 467 g/mol. The van der Waals surface area contributed by atoms with Gasteiger partial charge in [0.1, 0.15) is 17.6 Å². The van der Waals surface area contributed by atoms with Gasteiger partial charge in [-0.3, -0.25) is 19.3 Å². The molecular weight excluding hydrogens is 436 g/mol. The first kappa shape index (κ1) is 23.5. The van der Waals surface area contributed by atoms with E-state index >= 15 is 0 Å². The average Bonchev–Trinajstić information content (AvgIpc) is 2.86. The Hall–Kier alpha value is -3.66. The third kappa shape index (κ3) is 5.82. The molecule has 2 aliphatic heterocycles. The van der Waals surface area contributed by atoms with E-state index in [1.807, 2.05) is 18.2 Å². The van der Waals surface area contributed by atoms with Crippen molar-refractivity contribution in [1.82, 2.24) is 20.1 Å². The summed E-state index contributed by atoms with van der Waals surface area (Å²) in [7, 11) is 1.57. The minimum atomic E-state index is -0.825. The number of rotatable bonds is 7. The highest BCUT2D eigenvalue weighted by Crippen LogP contribution is 2.17. The molecule has 0 saturated carbocycles. The van der Waals surface area contributed by atoms with Gasteiger partial charge < -0.3 is 25.2 Å². The molecule has 2 saturated heterocycles. The predicted molar refractivity (Wildman–Crippen MR) is 128 cm³/mol. The molecule has 0 unspecified atom stereocenters. The van der Waals surface area contributed by atoms with Crippen molar-refractivity contribution in [1.29, 1.82) is 0 Å². The number of hydrogen-bond donors (Lipinski definition) is 2. The number of nitrogens with zero attached hydrogens (tertiary/aromatic N) is 4. The molecule has 4 rings (SSSR count). The Labute approximate surface area is 198 Å². The lowest BCUT2D eigenvalue weighted by atomic mass is 10.1. The van der Waals surface area contributed by atoms with Gasteiger partial charge in [-0.25, -0.2) is 4.98 Å². The van der Waals surface area contributed by atoms with Crippen molar-refractivity contribution < 1.29 is 19.1 Å². The molecule has 2 N–H and O–H groups in total. The van der Waals surface area contributed by atoms with Crippen molar-refractivity contribution >= 4 is 29.2 Å². The lowest BCUT2D eigenvalue weighted by Crippen LogP contribution is -2.60. The summed E-state index contributed by atoms with van der Waals surface area (Å²) in [6, 6.07) is 11.9. The summed E-state index contributed by atoms with van der Waals surface area (Å²) in [5.41, 5.74) is 0.602. The predicted octanol–water partition coefficient (Wildman–Crippen LogP) is 0.568. The molecule has 0 aliphatic carbocycles. The van der Waals surface area contributed by atoms with Gasteiger partial charge in [-0.05, 0) is 36.4 Å². The molecule has 1 aromatic heterocycles. The molecule has 10 heteroatoms. The highest BCUT2D eigenvalue weighted by Gasteiger charge is 2.35. The third-order valence-corrected chi connectivity index (χ3v) is 6.11. The number of methoxy groups -OCH3 is 1. The normalized spacial score (nSPS) is 18.9. The number of aromatic nitrogens is 1. The summed E-state index contributed by atoms with van der Waals surface area (Å²) in [6.45, 7) is 4.00. The lowest BCUT2D eigenvalue weighted by Gasteiger charge is -2.38. The molecule has 2 aliphatic rings. The largest absolute Gasteiger partial charge is 0.497 e. The van der Waals surface area contributed by atoms with Gasteiger partial charge in [0.15, 0.2) is 0 Å². The van der Waals surface area contributed by atoms with Crippen LogP contribution in [-0.2, 0) is 14.4 Å². The van der Waals surface area contributed by atoms with Gasteiger partial charge in [0, 0.05) is 51.2 Å². The fourth-order valence-corrected chi connectivity index (χ4v) is 4.24. The maximum absolute atomic E-state index is 13.1. The van der Waals surface area contributed by atoms with Crippen molar-refractivity contribution in [2.24, 2.45) is 0 Å². The van der Waals surface area contributed by atoms with Crippen molar-refractivity contribution in [2.45, 2.75) is 12.5 Å². The van der Waals surface area contributed by atoms with Gasteiger partial charge in [-0.1, -0.05) is 6.07 Å². The number of pyridine rings is 1. The fraction of sp³-hybridized carbons (Fsp3) is 0.417. The van der Waals surface area contributed by atoms with E-state index in [1.54, 1.807) is 37.6 Å². The summed E-state index contributed by atoms with van der Waals surface area (Å²) in [5.74, 6) is 0.855. The first-order valence-electron chi connectivity index (χ1n) is 11.4. The third-order valence-electron chi connectivity index (χ3n) is 6.11. The van der Waals surface area contributed by atoms with E-state index in [9.17, 15) is 14.4 Å². The van der Waals surface area contributed by atoms with Crippen LogP contribution in [0.5, 0.6) is 5.75 Å². The zero-order chi connectivity index (χ0) is 23.9. The van der Waals surface area contributed by atoms with Crippen molar-refractivity contribution in [3.8, 4) is 5.75 Å². The molecule has 0 radical (unpaired) electrons. The van der Waals surface area contributed by atoms with Crippen molar-refractivity contribution in [2.75, 3.05) is 63.1 Å². The number of hydrogen-bond acceptors (Lipinski definition) is 7. The number of amides is 3. The summed E-state index contributed by atoms with van der Waals surface area (Å²) < 4.78 is 5.12. The van der Waals surface area contributed by atoms with E-state index < -0.39 is 6.04 Å². The van der Waals surface area contributed by atoms with Crippen LogP contribution in [0.25, 0.3) is 0 Å². The Morgan fingerprint density at radius 2 is 1.85 bits per heavy atom. The maximum atomic E-state index is 13.1. The standard InChI is InChI=1S/C24H30N6O4/c1-34-19-7-5-18(6-8-19)27-22(31)16-20-24(33)26-10-11-30(20)23(32)17-28-12-14-29(15-13-28)21-4-2-3-9-25-21/h2-9,20H,10-17H2,1H3,(H,26,33)(H,27,31)/t20-/m1/s1. The zero-order valence-electron chi connectivity index (χ0n) is 19.3. The van der Waals surface area contributed by atoms with Gasteiger partial charge in [0.25, 0.3) is 0 Å². The number of benzene rings is 1. The summed E-state index contributed by atoms with van der Waals surface area (Å²) in [5, 5.41) is 5.56. The van der Waals surface area contributed by atoms with Crippen LogP contribution in [-0.4, -0.2) is 91.5 Å². The number of nitrogens with one attached hydrogen (secondary N) is 2. The molecule has 0 bridgehead atoms. The second kappa shape index (κ2) is 11.0. The number of carbonyl (C=O) groups is 3. The van der Waals surface area contributed by atoms with Crippen LogP contribution in [0.15, 0.2) is 48.7 Å². The zero-order valence-corrected chi connectivity index (χ0v) is 19.3. The molecule has 180 valence electrons. The minimum Gasteiger partial charge on any atom is -0.497 e. The number of anilines is 2. The SMILES string of the molecule is COc1ccc(NC(=O)C[C@@H]2C(=O)NCCN2C(=O)CN2CCN(c3ccccn3)CC2)cc1. The minimum absolute atomic E-state index is 0.100. The molecule has 1 atom stereocenters. The molecule has 3 heterocycles. The smallest absolute Gasteiger partial charge is 0.243 e. The van der Waals surface area contributed by atoms with Crippen molar-refractivity contribution in [3.05, 3.63) is 48.7 Å².